The van der Waals surface area contributed by atoms with Crippen molar-refractivity contribution in [3.05, 3.63) is 46.0 Å². The van der Waals surface area contributed by atoms with Crippen LogP contribution in [0.2, 0.25) is 0 Å². The van der Waals surface area contributed by atoms with Crippen molar-refractivity contribution < 1.29 is 9.26 Å². The zero-order chi connectivity index (χ0) is 13.9. The second-order valence-electron chi connectivity index (χ2n) is 4.94. The van der Waals surface area contributed by atoms with Gasteiger partial charge in [-0.1, -0.05) is 39.3 Å². The Bertz CT molecular complexity index is 587. The van der Waals surface area contributed by atoms with Crippen LogP contribution in [0.15, 0.2) is 33.3 Å². The van der Waals surface area contributed by atoms with Crippen LogP contribution in [0.25, 0.3) is 0 Å². The normalized spacial score (nSPS) is 20.2. The monoisotopic (exact) mass is 337 g/mol. The van der Waals surface area contributed by atoms with Crippen LogP contribution in [0, 0.1) is 0 Å². The molecule has 0 spiro atoms. The van der Waals surface area contributed by atoms with Crippen molar-refractivity contribution in [1.29, 1.82) is 0 Å². The van der Waals surface area contributed by atoms with Gasteiger partial charge in [-0.25, -0.2) is 0 Å². The predicted molar refractivity (Wildman–Crippen MR) is 77.4 cm³/mol. The van der Waals surface area contributed by atoms with Crippen molar-refractivity contribution >= 4 is 15.9 Å². The lowest BCUT2D eigenvalue weighted by Gasteiger charge is -2.27. The minimum atomic E-state index is -0.0922. The molecular formula is C14H16BrN3O2. The fourth-order valence-electron chi connectivity index (χ4n) is 2.21. The van der Waals surface area contributed by atoms with Gasteiger partial charge in [0.25, 0.3) is 0 Å². The number of hydrogen-bond donors (Lipinski definition) is 0. The smallest absolute Gasteiger partial charge is 0.231 e. The van der Waals surface area contributed by atoms with Crippen molar-refractivity contribution in [3.8, 4) is 0 Å². The fourth-order valence-corrected chi connectivity index (χ4v) is 2.63. The maximum atomic E-state index is 5.69. The number of hydrogen-bond acceptors (Lipinski definition) is 5. The Morgan fingerprint density at radius 1 is 1.40 bits per heavy atom. The third-order valence-corrected chi connectivity index (χ3v) is 4.11. The van der Waals surface area contributed by atoms with Gasteiger partial charge in [0.1, 0.15) is 6.10 Å². The topological polar surface area (TPSA) is 51.4 Å². The first-order chi connectivity index (χ1) is 9.72. The Labute approximate surface area is 126 Å². The molecule has 20 heavy (non-hydrogen) atoms. The Morgan fingerprint density at radius 2 is 2.25 bits per heavy atom. The molecule has 0 aliphatic carbocycles. The maximum Gasteiger partial charge on any atom is 0.231 e. The SMILES string of the molecule is CN1CCOC(c2noc(Cc3ccccc3Br)n2)C1. The van der Waals surface area contributed by atoms with E-state index in [4.69, 9.17) is 9.26 Å². The van der Waals surface area contributed by atoms with Crippen LogP contribution in [0.1, 0.15) is 23.4 Å². The number of benzene rings is 1. The highest BCUT2D eigenvalue weighted by Crippen LogP contribution is 2.22. The third-order valence-electron chi connectivity index (χ3n) is 3.34. The molecule has 3 rings (SSSR count). The minimum Gasteiger partial charge on any atom is -0.367 e. The number of likely N-dealkylation sites (N-methyl/N-ethyl adjacent to an activating group) is 1. The molecule has 1 aromatic heterocycles. The van der Waals surface area contributed by atoms with Crippen LogP contribution >= 0.6 is 15.9 Å². The fraction of sp³-hybridized carbons (Fsp3) is 0.429. The standard InChI is InChI=1S/C14H16BrN3O2/c1-18-6-7-19-12(9-18)14-16-13(20-17-14)8-10-4-2-3-5-11(10)15/h2-5,12H,6-9H2,1H3. The summed E-state index contributed by atoms with van der Waals surface area (Å²) in [7, 11) is 2.07. The largest absolute Gasteiger partial charge is 0.367 e. The number of aromatic nitrogens is 2. The van der Waals surface area contributed by atoms with E-state index in [0.29, 0.717) is 24.7 Å². The van der Waals surface area contributed by atoms with E-state index in [1.807, 2.05) is 24.3 Å². The van der Waals surface area contributed by atoms with Crippen LogP contribution in [0.5, 0.6) is 0 Å². The predicted octanol–water partition coefficient (Wildman–Crippen LogP) is 2.43. The quantitative estimate of drug-likeness (QED) is 0.860. The highest BCUT2D eigenvalue weighted by molar-refractivity contribution is 9.10. The van der Waals surface area contributed by atoms with Gasteiger partial charge in [-0.15, -0.1) is 0 Å². The third kappa shape index (κ3) is 3.08. The molecule has 0 radical (unpaired) electrons. The number of nitrogens with zero attached hydrogens (tertiary/aromatic N) is 3. The molecule has 1 aromatic carbocycles. The van der Waals surface area contributed by atoms with Gasteiger partial charge in [0.15, 0.2) is 0 Å². The van der Waals surface area contributed by atoms with Crippen molar-refractivity contribution in [1.82, 2.24) is 15.0 Å². The molecule has 0 N–H and O–H groups in total. The molecular weight excluding hydrogens is 322 g/mol. The van der Waals surface area contributed by atoms with E-state index in [-0.39, 0.29) is 6.10 Å². The molecule has 2 heterocycles. The second-order valence-corrected chi connectivity index (χ2v) is 5.79. The van der Waals surface area contributed by atoms with Gasteiger partial charge in [-0.05, 0) is 18.7 Å². The lowest BCUT2D eigenvalue weighted by Crippen LogP contribution is -2.35. The van der Waals surface area contributed by atoms with Gasteiger partial charge in [0.2, 0.25) is 11.7 Å². The van der Waals surface area contributed by atoms with Gasteiger partial charge >= 0.3 is 0 Å². The van der Waals surface area contributed by atoms with Crippen LogP contribution in [0.4, 0.5) is 0 Å². The summed E-state index contributed by atoms with van der Waals surface area (Å²) in [6.07, 6.45) is 0.530. The first-order valence-electron chi connectivity index (χ1n) is 6.58. The van der Waals surface area contributed by atoms with Crippen molar-refractivity contribution in [2.75, 3.05) is 26.7 Å². The number of ether oxygens (including phenoxy) is 1. The molecule has 1 aliphatic heterocycles. The summed E-state index contributed by atoms with van der Waals surface area (Å²) in [5.41, 5.74) is 1.13. The molecule has 1 unspecified atom stereocenters. The van der Waals surface area contributed by atoms with Crippen LogP contribution in [-0.4, -0.2) is 41.8 Å². The zero-order valence-electron chi connectivity index (χ0n) is 11.3. The zero-order valence-corrected chi connectivity index (χ0v) is 12.8. The Kier molecular flexibility index (Phi) is 4.14. The van der Waals surface area contributed by atoms with E-state index in [9.17, 15) is 0 Å². The lowest BCUT2D eigenvalue weighted by molar-refractivity contribution is -0.0264. The molecule has 5 nitrogen and oxygen atoms in total. The molecule has 2 aromatic rings. The van der Waals surface area contributed by atoms with Gasteiger partial charge in [0.05, 0.1) is 13.0 Å². The van der Waals surface area contributed by atoms with E-state index >= 15 is 0 Å². The summed E-state index contributed by atoms with van der Waals surface area (Å²) in [5, 5.41) is 4.05. The molecule has 106 valence electrons. The van der Waals surface area contributed by atoms with Gasteiger partial charge in [-0.2, -0.15) is 4.98 Å². The Balaban J connectivity index is 1.72. The average molecular weight is 338 g/mol. The molecule has 1 saturated heterocycles. The average Bonchev–Trinajstić information content (AvgIpc) is 2.90. The molecule has 1 fully saturated rings. The van der Waals surface area contributed by atoms with E-state index < -0.39 is 0 Å². The molecule has 0 bridgehead atoms. The summed E-state index contributed by atoms with van der Waals surface area (Å²) in [5.74, 6) is 1.25. The van der Waals surface area contributed by atoms with Crippen LogP contribution in [0.3, 0.4) is 0 Å². The Hall–Kier alpha value is -1.24. The van der Waals surface area contributed by atoms with E-state index in [1.165, 1.54) is 0 Å². The second kappa shape index (κ2) is 6.03. The van der Waals surface area contributed by atoms with E-state index in [0.717, 1.165) is 23.1 Å². The summed E-state index contributed by atoms with van der Waals surface area (Å²) in [4.78, 5) is 6.66. The van der Waals surface area contributed by atoms with Crippen molar-refractivity contribution in [2.45, 2.75) is 12.5 Å². The highest BCUT2D eigenvalue weighted by Gasteiger charge is 2.24. The van der Waals surface area contributed by atoms with Crippen molar-refractivity contribution in [2.24, 2.45) is 0 Å². The van der Waals surface area contributed by atoms with Crippen molar-refractivity contribution in [3.63, 3.8) is 0 Å². The van der Waals surface area contributed by atoms with Gasteiger partial charge in [0, 0.05) is 17.6 Å². The summed E-state index contributed by atoms with van der Waals surface area (Å²) in [6.45, 7) is 2.45. The molecule has 0 amide bonds. The maximum absolute atomic E-state index is 5.69. The van der Waals surface area contributed by atoms with Gasteiger partial charge < -0.3 is 14.2 Å². The minimum absolute atomic E-state index is 0.0922. The molecule has 1 atom stereocenters. The summed E-state index contributed by atoms with van der Waals surface area (Å²) in [6, 6.07) is 8.03. The molecule has 1 aliphatic rings. The van der Waals surface area contributed by atoms with E-state index in [1.54, 1.807) is 0 Å². The summed E-state index contributed by atoms with van der Waals surface area (Å²) >= 11 is 3.52. The Morgan fingerprint density at radius 3 is 3.05 bits per heavy atom. The first kappa shape index (κ1) is 13.7. The van der Waals surface area contributed by atoms with Crippen LogP contribution < -0.4 is 0 Å². The van der Waals surface area contributed by atoms with Crippen LogP contribution in [-0.2, 0) is 11.2 Å². The summed E-state index contributed by atoms with van der Waals surface area (Å²) < 4.78 is 12.1. The highest BCUT2D eigenvalue weighted by atomic mass is 79.9. The molecule has 6 heteroatoms. The van der Waals surface area contributed by atoms with Gasteiger partial charge in [-0.3, -0.25) is 0 Å². The molecule has 0 saturated carbocycles. The lowest BCUT2D eigenvalue weighted by atomic mass is 10.1. The van der Waals surface area contributed by atoms with E-state index in [2.05, 4.69) is 38.0 Å². The first-order valence-corrected chi connectivity index (χ1v) is 7.37. The number of morpholine rings is 1. The number of rotatable bonds is 3. The number of halogens is 1.